The highest BCUT2D eigenvalue weighted by Gasteiger charge is 2.30. The molecule has 2 aromatic rings. The predicted molar refractivity (Wildman–Crippen MR) is 89.3 cm³/mol. The number of pyridine rings is 1. The van der Waals surface area contributed by atoms with Gasteiger partial charge in [-0.05, 0) is 44.9 Å². The Morgan fingerprint density at radius 2 is 2.08 bits per heavy atom. The van der Waals surface area contributed by atoms with Crippen molar-refractivity contribution in [1.29, 1.82) is 0 Å². The Bertz CT molecular complexity index is 767. The van der Waals surface area contributed by atoms with Gasteiger partial charge in [-0.25, -0.2) is 4.98 Å². The Kier molecular flexibility index (Phi) is 4.38. The maximum Gasteiger partial charge on any atom is 0.308 e. The third-order valence-corrected chi connectivity index (χ3v) is 4.60. The summed E-state index contributed by atoms with van der Waals surface area (Å²) in [6.45, 7) is 4.72. The number of hydrogen-bond acceptors (Lipinski definition) is 3. The number of aliphatic carboxylic acids is 1. The Hall–Kier alpha value is -2.63. The average Bonchev–Trinajstić information content (AvgIpc) is 2.89. The third-order valence-electron chi connectivity index (χ3n) is 4.60. The lowest BCUT2D eigenvalue weighted by Gasteiger charge is -2.30. The second-order valence-electron chi connectivity index (χ2n) is 6.24. The van der Waals surface area contributed by atoms with E-state index in [2.05, 4.69) is 4.98 Å². The Morgan fingerprint density at radius 1 is 1.29 bits per heavy atom. The number of likely N-dealkylation sites (tertiary alicyclic amines) is 1. The third kappa shape index (κ3) is 2.91. The SMILES string of the molecule is Cc1cc(C(=O)N2CCC[C@H](C(=O)O)C2)c(C)n1-c1ccccn1. The van der Waals surface area contributed by atoms with E-state index in [4.69, 9.17) is 0 Å². The normalized spacial score (nSPS) is 17.8. The quantitative estimate of drug-likeness (QED) is 0.939. The first-order valence-electron chi connectivity index (χ1n) is 8.11. The van der Waals surface area contributed by atoms with Gasteiger partial charge in [0, 0.05) is 30.7 Å². The monoisotopic (exact) mass is 327 g/mol. The molecule has 0 aromatic carbocycles. The molecule has 1 atom stereocenters. The summed E-state index contributed by atoms with van der Waals surface area (Å²) in [7, 11) is 0. The zero-order chi connectivity index (χ0) is 17.3. The summed E-state index contributed by atoms with van der Waals surface area (Å²) in [5.41, 5.74) is 2.37. The minimum atomic E-state index is -0.827. The summed E-state index contributed by atoms with van der Waals surface area (Å²) < 4.78 is 1.95. The molecule has 6 nitrogen and oxygen atoms in total. The van der Waals surface area contributed by atoms with Gasteiger partial charge >= 0.3 is 5.97 Å². The molecule has 1 N–H and O–H groups in total. The maximum absolute atomic E-state index is 12.9. The molecule has 0 spiro atoms. The van der Waals surface area contributed by atoms with Gasteiger partial charge in [0.15, 0.2) is 0 Å². The van der Waals surface area contributed by atoms with E-state index in [1.807, 2.05) is 42.7 Å². The van der Waals surface area contributed by atoms with Crippen LogP contribution in [0.3, 0.4) is 0 Å². The highest BCUT2D eigenvalue weighted by Crippen LogP contribution is 2.24. The number of carboxylic acid groups (broad SMARTS) is 1. The Balaban J connectivity index is 1.90. The van der Waals surface area contributed by atoms with Gasteiger partial charge in [-0.3, -0.25) is 9.59 Å². The fraction of sp³-hybridized carbons (Fsp3) is 0.389. The van der Waals surface area contributed by atoms with Crippen LogP contribution in [0.2, 0.25) is 0 Å². The summed E-state index contributed by atoms with van der Waals surface area (Å²) >= 11 is 0. The molecule has 126 valence electrons. The Labute approximate surface area is 140 Å². The van der Waals surface area contributed by atoms with Gasteiger partial charge in [-0.1, -0.05) is 6.07 Å². The zero-order valence-electron chi connectivity index (χ0n) is 13.9. The van der Waals surface area contributed by atoms with E-state index < -0.39 is 11.9 Å². The van der Waals surface area contributed by atoms with E-state index in [1.165, 1.54) is 0 Å². The van der Waals surface area contributed by atoms with Crippen LogP contribution in [-0.4, -0.2) is 44.5 Å². The molecule has 1 fully saturated rings. The smallest absolute Gasteiger partial charge is 0.308 e. The second-order valence-corrected chi connectivity index (χ2v) is 6.24. The zero-order valence-corrected chi connectivity index (χ0v) is 13.9. The van der Waals surface area contributed by atoms with Crippen molar-refractivity contribution in [3.05, 3.63) is 47.4 Å². The molecule has 1 saturated heterocycles. The summed E-state index contributed by atoms with van der Waals surface area (Å²) in [5.74, 6) is -0.627. The van der Waals surface area contributed by atoms with Crippen LogP contribution >= 0.6 is 0 Å². The summed E-state index contributed by atoms with van der Waals surface area (Å²) in [5, 5.41) is 9.21. The van der Waals surface area contributed by atoms with Crippen LogP contribution in [0.1, 0.15) is 34.6 Å². The van der Waals surface area contributed by atoms with E-state index >= 15 is 0 Å². The number of carbonyl (C=O) groups excluding carboxylic acids is 1. The van der Waals surface area contributed by atoms with Crippen LogP contribution in [0.4, 0.5) is 0 Å². The molecule has 0 bridgehead atoms. The van der Waals surface area contributed by atoms with E-state index in [1.54, 1.807) is 11.1 Å². The molecule has 3 rings (SSSR count). The average molecular weight is 327 g/mol. The molecule has 2 aromatic heterocycles. The molecule has 0 unspecified atom stereocenters. The lowest BCUT2D eigenvalue weighted by Crippen LogP contribution is -2.42. The molecule has 6 heteroatoms. The van der Waals surface area contributed by atoms with Gasteiger partial charge in [-0.2, -0.15) is 0 Å². The number of piperidine rings is 1. The highest BCUT2D eigenvalue weighted by molar-refractivity contribution is 5.96. The fourth-order valence-corrected chi connectivity index (χ4v) is 3.35. The van der Waals surface area contributed by atoms with Crippen LogP contribution in [0, 0.1) is 19.8 Å². The lowest BCUT2D eigenvalue weighted by molar-refractivity contribution is -0.143. The molecular formula is C18H21N3O3. The molecule has 24 heavy (non-hydrogen) atoms. The van der Waals surface area contributed by atoms with Crippen molar-refractivity contribution >= 4 is 11.9 Å². The lowest BCUT2D eigenvalue weighted by atomic mass is 9.97. The molecule has 0 aliphatic carbocycles. The van der Waals surface area contributed by atoms with E-state index in [0.29, 0.717) is 18.5 Å². The van der Waals surface area contributed by atoms with Crippen LogP contribution in [0.15, 0.2) is 30.5 Å². The summed E-state index contributed by atoms with van der Waals surface area (Å²) in [4.78, 5) is 30.1. The molecular weight excluding hydrogens is 306 g/mol. The number of nitrogens with zero attached hydrogens (tertiary/aromatic N) is 3. The topological polar surface area (TPSA) is 75.4 Å². The minimum Gasteiger partial charge on any atom is -0.481 e. The Morgan fingerprint density at radius 3 is 2.75 bits per heavy atom. The van der Waals surface area contributed by atoms with Crippen LogP contribution < -0.4 is 0 Å². The first kappa shape index (κ1) is 16.2. The molecule has 0 saturated carbocycles. The standard InChI is InChI=1S/C18H21N3O3/c1-12-10-15(13(2)21(12)16-7-3-4-8-19-16)17(22)20-9-5-6-14(11-20)18(23)24/h3-4,7-8,10,14H,5-6,9,11H2,1-2H3,(H,23,24)/t14-/m0/s1. The number of carbonyl (C=O) groups is 2. The first-order chi connectivity index (χ1) is 11.5. The van der Waals surface area contributed by atoms with Gasteiger partial charge in [0.25, 0.3) is 5.91 Å². The number of amides is 1. The van der Waals surface area contributed by atoms with Crippen molar-refractivity contribution < 1.29 is 14.7 Å². The van der Waals surface area contributed by atoms with Crippen molar-refractivity contribution in [1.82, 2.24) is 14.5 Å². The number of rotatable bonds is 3. The fourth-order valence-electron chi connectivity index (χ4n) is 3.35. The van der Waals surface area contributed by atoms with Crippen LogP contribution in [0.5, 0.6) is 0 Å². The van der Waals surface area contributed by atoms with Gasteiger partial charge < -0.3 is 14.6 Å². The van der Waals surface area contributed by atoms with Gasteiger partial charge in [-0.15, -0.1) is 0 Å². The maximum atomic E-state index is 12.9. The summed E-state index contributed by atoms with van der Waals surface area (Å²) in [6, 6.07) is 7.51. The molecule has 3 heterocycles. The van der Waals surface area contributed by atoms with E-state index in [9.17, 15) is 14.7 Å². The molecule has 1 amide bonds. The largest absolute Gasteiger partial charge is 0.481 e. The number of aryl methyl sites for hydroxylation is 1. The van der Waals surface area contributed by atoms with Crippen molar-refractivity contribution in [3.8, 4) is 5.82 Å². The van der Waals surface area contributed by atoms with Crippen molar-refractivity contribution in [3.63, 3.8) is 0 Å². The molecule has 1 aliphatic rings. The first-order valence-corrected chi connectivity index (χ1v) is 8.11. The summed E-state index contributed by atoms with van der Waals surface area (Å²) in [6.07, 6.45) is 3.07. The van der Waals surface area contributed by atoms with Crippen molar-refractivity contribution in [2.24, 2.45) is 5.92 Å². The van der Waals surface area contributed by atoms with Crippen molar-refractivity contribution in [2.45, 2.75) is 26.7 Å². The van der Waals surface area contributed by atoms with Crippen molar-refractivity contribution in [2.75, 3.05) is 13.1 Å². The number of hydrogen-bond donors (Lipinski definition) is 1. The predicted octanol–water partition coefficient (Wildman–Crippen LogP) is 2.43. The molecule has 1 aliphatic heterocycles. The number of carboxylic acids is 1. The molecule has 0 radical (unpaired) electrons. The highest BCUT2D eigenvalue weighted by atomic mass is 16.4. The second kappa shape index (κ2) is 6.47. The van der Waals surface area contributed by atoms with E-state index in [-0.39, 0.29) is 12.5 Å². The van der Waals surface area contributed by atoms with Crippen LogP contribution in [0.25, 0.3) is 5.82 Å². The van der Waals surface area contributed by atoms with Gasteiger partial charge in [0.05, 0.1) is 11.5 Å². The minimum absolute atomic E-state index is 0.101. The number of aromatic nitrogens is 2. The van der Waals surface area contributed by atoms with Gasteiger partial charge in [0.2, 0.25) is 0 Å². The van der Waals surface area contributed by atoms with E-state index in [0.717, 1.165) is 23.6 Å². The van der Waals surface area contributed by atoms with Crippen LogP contribution in [-0.2, 0) is 4.79 Å². The van der Waals surface area contributed by atoms with Gasteiger partial charge in [0.1, 0.15) is 5.82 Å².